The Morgan fingerprint density at radius 2 is 1.79 bits per heavy atom. The Morgan fingerprint density at radius 1 is 1.12 bits per heavy atom. The van der Waals surface area contributed by atoms with Gasteiger partial charge < -0.3 is 9.47 Å². The minimum Gasteiger partial charge on any atom is -0.487 e. The highest BCUT2D eigenvalue weighted by atomic mass is 35.5. The molecule has 0 saturated heterocycles. The smallest absolute Gasteiger partial charge is 0.309 e. The number of carbonyl (C=O) groups is 1. The molecule has 0 N–H and O–H groups in total. The molecule has 0 aliphatic heterocycles. The average molecular weight is 347 g/mol. The van der Waals surface area contributed by atoms with Gasteiger partial charge in [-0.3, -0.25) is 4.79 Å². The summed E-state index contributed by atoms with van der Waals surface area (Å²) in [5.41, 5.74) is 5.39. The molecule has 0 radical (unpaired) electrons. The standard InChI is InChI=1S/C20H23ClO3/c1-5-15-7-6-8-16(11-20(22)23-4)17(15)12-24-19-10-14(3)13(2)9-18(19)21/h6-10H,5,11-12H2,1-4H3. The number of carbonyl (C=O) groups excluding carboxylic acids is 1. The first-order chi connectivity index (χ1) is 11.5. The largest absolute Gasteiger partial charge is 0.487 e. The molecule has 0 amide bonds. The fraction of sp³-hybridized carbons (Fsp3) is 0.350. The third-order valence-electron chi connectivity index (χ3n) is 4.23. The van der Waals surface area contributed by atoms with Crippen molar-refractivity contribution in [2.75, 3.05) is 7.11 Å². The minimum atomic E-state index is -0.256. The number of ether oxygens (including phenoxy) is 2. The van der Waals surface area contributed by atoms with Crippen LogP contribution in [0.2, 0.25) is 5.02 Å². The van der Waals surface area contributed by atoms with Crippen LogP contribution in [0.3, 0.4) is 0 Å². The number of halogens is 1. The molecule has 0 atom stereocenters. The van der Waals surface area contributed by atoms with Gasteiger partial charge >= 0.3 is 5.97 Å². The average Bonchev–Trinajstić information content (AvgIpc) is 2.57. The number of hydrogen-bond acceptors (Lipinski definition) is 3. The molecular formula is C20H23ClO3. The molecule has 0 spiro atoms. The van der Waals surface area contributed by atoms with E-state index < -0.39 is 0 Å². The molecule has 0 unspecified atom stereocenters. The summed E-state index contributed by atoms with van der Waals surface area (Å²) in [6.45, 7) is 6.51. The van der Waals surface area contributed by atoms with Gasteiger partial charge in [-0.1, -0.05) is 36.7 Å². The van der Waals surface area contributed by atoms with Crippen LogP contribution in [0.4, 0.5) is 0 Å². The van der Waals surface area contributed by atoms with Crippen molar-refractivity contribution in [2.24, 2.45) is 0 Å². The maximum Gasteiger partial charge on any atom is 0.309 e. The molecular weight excluding hydrogens is 324 g/mol. The molecule has 0 fully saturated rings. The second kappa shape index (κ2) is 8.20. The van der Waals surface area contributed by atoms with E-state index in [9.17, 15) is 4.79 Å². The quantitative estimate of drug-likeness (QED) is 0.704. The molecule has 0 saturated carbocycles. The summed E-state index contributed by atoms with van der Waals surface area (Å²) in [6, 6.07) is 9.82. The fourth-order valence-electron chi connectivity index (χ4n) is 2.61. The zero-order chi connectivity index (χ0) is 17.7. The van der Waals surface area contributed by atoms with E-state index in [2.05, 4.69) is 13.0 Å². The third-order valence-corrected chi connectivity index (χ3v) is 4.53. The van der Waals surface area contributed by atoms with E-state index in [0.717, 1.165) is 34.2 Å². The molecule has 2 rings (SSSR count). The van der Waals surface area contributed by atoms with Crippen molar-refractivity contribution in [3.05, 3.63) is 63.2 Å². The first-order valence-corrected chi connectivity index (χ1v) is 8.40. The molecule has 128 valence electrons. The van der Waals surface area contributed by atoms with E-state index in [4.69, 9.17) is 21.1 Å². The molecule has 3 nitrogen and oxygen atoms in total. The summed E-state index contributed by atoms with van der Waals surface area (Å²) in [7, 11) is 1.40. The predicted octanol–water partition coefficient (Wildman–Crippen LogP) is 4.81. The van der Waals surface area contributed by atoms with Crippen LogP contribution in [0.25, 0.3) is 0 Å². The second-order valence-corrected chi connectivity index (χ2v) is 6.22. The van der Waals surface area contributed by atoms with Gasteiger partial charge in [0.05, 0.1) is 18.6 Å². The Labute approximate surface area is 148 Å². The molecule has 0 heterocycles. The van der Waals surface area contributed by atoms with E-state index in [1.165, 1.54) is 7.11 Å². The zero-order valence-corrected chi connectivity index (χ0v) is 15.4. The molecule has 4 heteroatoms. The Hall–Kier alpha value is -2.00. The predicted molar refractivity (Wildman–Crippen MR) is 96.8 cm³/mol. The van der Waals surface area contributed by atoms with E-state index in [1.807, 2.05) is 38.1 Å². The topological polar surface area (TPSA) is 35.5 Å². The summed E-state index contributed by atoms with van der Waals surface area (Å²) in [4.78, 5) is 11.7. The summed E-state index contributed by atoms with van der Waals surface area (Å²) >= 11 is 6.29. The van der Waals surface area contributed by atoms with Crippen molar-refractivity contribution < 1.29 is 14.3 Å². The maximum atomic E-state index is 11.7. The van der Waals surface area contributed by atoms with Crippen LogP contribution < -0.4 is 4.74 Å². The van der Waals surface area contributed by atoms with Crippen molar-refractivity contribution >= 4 is 17.6 Å². The van der Waals surface area contributed by atoms with E-state index >= 15 is 0 Å². The molecule has 0 aliphatic carbocycles. The van der Waals surface area contributed by atoms with Crippen molar-refractivity contribution in [2.45, 2.75) is 40.2 Å². The van der Waals surface area contributed by atoms with Gasteiger partial charge in [0.15, 0.2) is 0 Å². The van der Waals surface area contributed by atoms with Gasteiger partial charge in [-0.2, -0.15) is 0 Å². The SMILES string of the molecule is CCc1cccc(CC(=O)OC)c1COc1cc(C)c(C)cc1Cl. The van der Waals surface area contributed by atoms with Crippen LogP contribution in [-0.4, -0.2) is 13.1 Å². The first kappa shape index (κ1) is 18.3. The fourth-order valence-corrected chi connectivity index (χ4v) is 2.89. The van der Waals surface area contributed by atoms with Gasteiger partial charge in [-0.15, -0.1) is 0 Å². The Bertz CT molecular complexity index is 738. The number of hydrogen-bond donors (Lipinski definition) is 0. The summed E-state index contributed by atoms with van der Waals surface area (Å²) in [5.74, 6) is 0.406. The van der Waals surface area contributed by atoms with Gasteiger partial charge in [0.1, 0.15) is 12.4 Å². The lowest BCUT2D eigenvalue weighted by molar-refractivity contribution is -0.139. The Morgan fingerprint density at radius 3 is 2.46 bits per heavy atom. The van der Waals surface area contributed by atoms with Crippen molar-refractivity contribution in [1.82, 2.24) is 0 Å². The van der Waals surface area contributed by atoms with E-state index in [1.54, 1.807) is 0 Å². The van der Waals surface area contributed by atoms with Crippen LogP contribution >= 0.6 is 11.6 Å². The van der Waals surface area contributed by atoms with Crippen molar-refractivity contribution in [1.29, 1.82) is 0 Å². The monoisotopic (exact) mass is 346 g/mol. The highest BCUT2D eigenvalue weighted by Gasteiger charge is 2.13. The lowest BCUT2D eigenvalue weighted by atomic mass is 9.97. The van der Waals surface area contributed by atoms with Crippen molar-refractivity contribution in [3.63, 3.8) is 0 Å². The highest BCUT2D eigenvalue weighted by molar-refractivity contribution is 6.32. The normalized spacial score (nSPS) is 10.5. The van der Waals surface area contributed by atoms with Crippen LogP contribution in [0.15, 0.2) is 30.3 Å². The van der Waals surface area contributed by atoms with Gasteiger partial charge in [-0.25, -0.2) is 0 Å². The number of aryl methyl sites for hydroxylation is 3. The number of esters is 1. The van der Waals surface area contributed by atoms with E-state index in [0.29, 0.717) is 17.4 Å². The summed E-state index contributed by atoms with van der Waals surface area (Å²) in [6.07, 6.45) is 1.11. The van der Waals surface area contributed by atoms with Gasteiger partial charge in [-0.05, 0) is 60.2 Å². The maximum absolute atomic E-state index is 11.7. The lowest BCUT2D eigenvalue weighted by Crippen LogP contribution is -2.10. The highest BCUT2D eigenvalue weighted by Crippen LogP contribution is 2.29. The van der Waals surface area contributed by atoms with Gasteiger partial charge in [0.2, 0.25) is 0 Å². The Balaban J connectivity index is 2.28. The molecule has 24 heavy (non-hydrogen) atoms. The minimum absolute atomic E-state index is 0.240. The molecule has 0 aliphatic rings. The van der Waals surface area contributed by atoms with Crippen molar-refractivity contribution in [3.8, 4) is 5.75 Å². The van der Waals surface area contributed by atoms with Crippen LogP contribution in [0.5, 0.6) is 5.75 Å². The van der Waals surface area contributed by atoms with Gasteiger partial charge in [0, 0.05) is 0 Å². The summed E-state index contributed by atoms with van der Waals surface area (Å²) in [5, 5.41) is 0.599. The van der Waals surface area contributed by atoms with Crippen LogP contribution in [0.1, 0.15) is 34.7 Å². The zero-order valence-electron chi connectivity index (χ0n) is 14.6. The second-order valence-electron chi connectivity index (χ2n) is 5.82. The van der Waals surface area contributed by atoms with Crippen LogP contribution in [0, 0.1) is 13.8 Å². The number of rotatable bonds is 6. The van der Waals surface area contributed by atoms with E-state index in [-0.39, 0.29) is 12.4 Å². The Kier molecular flexibility index (Phi) is 6.27. The van der Waals surface area contributed by atoms with Gasteiger partial charge in [0.25, 0.3) is 0 Å². The number of benzene rings is 2. The lowest BCUT2D eigenvalue weighted by Gasteiger charge is -2.16. The molecule has 2 aromatic carbocycles. The number of methoxy groups -OCH3 is 1. The third kappa shape index (κ3) is 4.30. The summed E-state index contributed by atoms with van der Waals surface area (Å²) < 4.78 is 10.8. The first-order valence-electron chi connectivity index (χ1n) is 8.02. The molecule has 0 aromatic heterocycles. The molecule has 0 bridgehead atoms. The van der Waals surface area contributed by atoms with Crippen LogP contribution in [-0.2, 0) is 29.0 Å². The molecule has 2 aromatic rings.